The van der Waals surface area contributed by atoms with Gasteiger partial charge in [-0.15, -0.1) is 0 Å². The first-order valence-electron chi connectivity index (χ1n) is 6.03. The molecule has 0 aliphatic heterocycles. The van der Waals surface area contributed by atoms with E-state index in [4.69, 9.17) is 9.47 Å². The zero-order valence-electron chi connectivity index (χ0n) is 11.3. The average molecular weight is 230 g/mol. The van der Waals surface area contributed by atoms with Crippen molar-refractivity contribution < 1.29 is 14.3 Å². The summed E-state index contributed by atoms with van der Waals surface area (Å²) in [6.45, 7) is 9.55. The van der Waals surface area contributed by atoms with Gasteiger partial charge in [0.15, 0.2) is 0 Å². The van der Waals surface area contributed by atoms with Gasteiger partial charge in [0.2, 0.25) is 0 Å². The van der Waals surface area contributed by atoms with Crippen molar-refractivity contribution in [2.45, 2.75) is 47.0 Å². The molecule has 0 aliphatic rings. The summed E-state index contributed by atoms with van der Waals surface area (Å²) < 4.78 is 10.1. The molecule has 0 aromatic carbocycles. The van der Waals surface area contributed by atoms with E-state index in [0.717, 1.165) is 12.8 Å². The van der Waals surface area contributed by atoms with Crippen LogP contribution in [0.15, 0.2) is 0 Å². The molecule has 0 saturated carbocycles. The first kappa shape index (κ1) is 15.4. The fourth-order valence-corrected chi connectivity index (χ4v) is 1.57. The molecule has 0 amide bonds. The molecule has 0 aromatic rings. The van der Waals surface area contributed by atoms with Crippen molar-refractivity contribution >= 4 is 5.97 Å². The third-order valence-electron chi connectivity index (χ3n) is 2.47. The van der Waals surface area contributed by atoms with Crippen LogP contribution in [-0.2, 0) is 14.3 Å². The standard InChI is InChI=1S/C13H26O3/c1-6-16-12(14)9-11(10-15-5)7-8-13(2,3)4/h11H,6-10H2,1-5H3/t11-/m0/s1. The number of methoxy groups -OCH3 is 1. The molecule has 0 saturated heterocycles. The molecule has 0 aliphatic carbocycles. The number of esters is 1. The highest BCUT2D eigenvalue weighted by molar-refractivity contribution is 5.69. The Labute approximate surface area is 99.5 Å². The second-order valence-corrected chi connectivity index (χ2v) is 5.43. The van der Waals surface area contributed by atoms with Crippen molar-refractivity contribution in [3.63, 3.8) is 0 Å². The topological polar surface area (TPSA) is 35.5 Å². The van der Waals surface area contributed by atoms with Gasteiger partial charge in [0.05, 0.1) is 13.0 Å². The molecule has 0 spiro atoms. The molecular weight excluding hydrogens is 204 g/mol. The number of ether oxygens (including phenoxy) is 2. The molecule has 0 N–H and O–H groups in total. The van der Waals surface area contributed by atoms with E-state index in [1.165, 1.54) is 0 Å². The van der Waals surface area contributed by atoms with Crippen LogP contribution in [0.2, 0.25) is 0 Å². The van der Waals surface area contributed by atoms with E-state index >= 15 is 0 Å². The zero-order chi connectivity index (χ0) is 12.6. The molecule has 0 bridgehead atoms. The van der Waals surface area contributed by atoms with Gasteiger partial charge in [-0.05, 0) is 31.1 Å². The molecule has 0 fully saturated rings. The smallest absolute Gasteiger partial charge is 0.306 e. The highest BCUT2D eigenvalue weighted by atomic mass is 16.5. The lowest BCUT2D eigenvalue weighted by molar-refractivity contribution is -0.144. The number of carbonyl (C=O) groups excluding carboxylic acids is 1. The molecular formula is C13H26O3. The quantitative estimate of drug-likeness (QED) is 0.631. The van der Waals surface area contributed by atoms with Gasteiger partial charge in [-0.25, -0.2) is 0 Å². The van der Waals surface area contributed by atoms with Crippen molar-refractivity contribution in [1.82, 2.24) is 0 Å². The normalized spacial score (nSPS) is 13.6. The van der Waals surface area contributed by atoms with Crippen LogP contribution in [0.3, 0.4) is 0 Å². The van der Waals surface area contributed by atoms with Crippen LogP contribution in [0.25, 0.3) is 0 Å². The number of rotatable bonds is 7. The van der Waals surface area contributed by atoms with Crippen molar-refractivity contribution in [1.29, 1.82) is 0 Å². The third kappa shape index (κ3) is 8.72. The van der Waals surface area contributed by atoms with Gasteiger partial charge >= 0.3 is 5.97 Å². The van der Waals surface area contributed by atoms with E-state index in [2.05, 4.69) is 20.8 Å². The predicted molar refractivity (Wildman–Crippen MR) is 65.3 cm³/mol. The Kier molecular flexibility index (Phi) is 7.39. The lowest BCUT2D eigenvalue weighted by atomic mass is 9.86. The van der Waals surface area contributed by atoms with Gasteiger partial charge in [0.1, 0.15) is 0 Å². The molecule has 0 aromatic heterocycles. The van der Waals surface area contributed by atoms with E-state index in [1.54, 1.807) is 7.11 Å². The summed E-state index contributed by atoms with van der Waals surface area (Å²) in [6, 6.07) is 0. The van der Waals surface area contributed by atoms with Crippen molar-refractivity contribution in [3.8, 4) is 0 Å². The first-order chi connectivity index (χ1) is 7.39. The lowest BCUT2D eigenvalue weighted by Gasteiger charge is -2.22. The molecule has 0 radical (unpaired) electrons. The molecule has 1 atom stereocenters. The molecule has 0 unspecified atom stereocenters. The summed E-state index contributed by atoms with van der Waals surface area (Å²) in [5, 5.41) is 0. The van der Waals surface area contributed by atoms with Gasteiger partial charge in [-0.3, -0.25) is 4.79 Å². The Morgan fingerprint density at radius 2 is 1.94 bits per heavy atom. The maximum atomic E-state index is 11.4. The largest absolute Gasteiger partial charge is 0.466 e. The summed E-state index contributed by atoms with van der Waals surface area (Å²) in [7, 11) is 1.68. The maximum Gasteiger partial charge on any atom is 0.306 e. The van der Waals surface area contributed by atoms with Crippen LogP contribution in [-0.4, -0.2) is 26.3 Å². The van der Waals surface area contributed by atoms with E-state index in [0.29, 0.717) is 25.0 Å². The van der Waals surface area contributed by atoms with E-state index in [1.807, 2.05) is 6.92 Å². The van der Waals surface area contributed by atoms with Gasteiger partial charge in [-0.2, -0.15) is 0 Å². The first-order valence-corrected chi connectivity index (χ1v) is 6.03. The van der Waals surface area contributed by atoms with Crippen LogP contribution in [0.1, 0.15) is 47.0 Å². The summed E-state index contributed by atoms with van der Waals surface area (Å²) in [5.41, 5.74) is 0.306. The monoisotopic (exact) mass is 230 g/mol. The summed E-state index contributed by atoms with van der Waals surface area (Å²) in [6.07, 6.45) is 2.58. The Bertz CT molecular complexity index is 194. The number of carbonyl (C=O) groups is 1. The van der Waals surface area contributed by atoms with Crippen LogP contribution >= 0.6 is 0 Å². The van der Waals surface area contributed by atoms with Crippen LogP contribution in [0, 0.1) is 11.3 Å². The highest BCUT2D eigenvalue weighted by Crippen LogP contribution is 2.25. The van der Waals surface area contributed by atoms with E-state index in [9.17, 15) is 4.79 Å². The number of hydrogen-bond acceptors (Lipinski definition) is 3. The van der Waals surface area contributed by atoms with Crippen LogP contribution < -0.4 is 0 Å². The minimum absolute atomic E-state index is 0.113. The Hall–Kier alpha value is -0.570. The predicted octanol–water partition coefficient (Wildman–Crippen LogP) is 3.03. The van der Waals surface area contributed by atoms with Gasteiger partial charge < -0.3 is 9.47 Å². The number of hydrogen-bond donors (Lipinski definition) is 0. The highest BCUT2D eigenvalue weighted by Gasteiger charge is 2.18. The van der Waals surface area contributed by atoms with Crippen LogP contribution in [0.4, 0.5) is 0 Å². The van der Waals surface area contributed by atoms with E-state index < -0.39 is 0 Å². The van der Waals surface area contributed by atoms with Crippen molar-refractivity contribution in [2.24, 2.45) is 11.3 Å². The maximum absolute atomic E-state index is 11.4. The molecule has 3 heteroatoms. The second kappa shape index (κ2) is 7.66. The second-order valence-electron chi connectivity index (χ2n) is 5.43. The molecule has 16 heavy (non-hydrogen) atoms. The summed E-state index contributed by atoms with van der Waals surface area (Å²) in [4.78, 5) is 11.4. The molecule has 96 valence electrons. The Balaban J connectivity index is 4.01. The minimum atomic E-state index is -0.113. The van der Waals surface area contributed by atoms with Gasteiger partial charge in [0.25, 0.3) is 0 Å². The fourth-order valence-electron chi connectivity index (χ4n) is 1.57. The summed E-state index contributed by atoms with van der Waals surface area (Å²) >= 11 is 0. The minimum Gasteiger partial charge on any atom is -0.466 e. The summed E-state index contributed by atoms with van der Waals surface area (Å²) in [5.74, 6) is 0.168. The Morgan fingerprint density at radius 1 is 1.31 bits per heavy atom. The van der Waals surface area contributed by atoms with Crippen LogP contribution in [0.5, 0.6) is 0 Å². The Morgan fingerprint density at radius 3 is 2.38 bits per heavy atom. The van der Waals surface area contributed by atoms with Gasteiger partial charge in [0, 0.05) is 13.7 Å². The average Bonchev–Trinajstić information content (AvgIpc) is 2.14. The molecule has 0 rings (SSSR count). The SMILES string of the molecule is CCOC(=O)C[C@H](CCC(C)(C)C)COC. The lowest BCUT2D eigenvalue weighted by Crippen LogP contribution is -2.18. The third-order valence-corrected chi connectivity index (χ3v) is 2.47. The zero-order valence-corrected chi connectivity index (χ0v) is 11.3. The van der Waals surface area contributed by atoms with E-state index in [-0.39, 0.29) is 11.9 Å². The molecule has 3 nitrogen and oxygen atoms in total. The van der Waals surface area contributed by atoms with Crippen molar-refractivity contribution in [3.05, 3.63) is 0 Å². The van der Waals surface area contributed by atoms with Crippen molar-refractivity contribution in [2.75, 3.05) is 20.3 Å². The van der Waals surface area contributed by atoms with Gasteiger partial charge in [-0.1, -0.05) is 20.8 Å². The fraction of sp³-hybridized carbons (Fsp3) is 0.923. The molecule has 0 heterocycles.